The van der Waals surface area contributed by atoms with Crippen molar-refractivity contribution in [1.82, 2.24) is 14.9 Å². The first-order chi connectivity index (χ1) is 11.7. The first-order valence-electron chi connectivity index (χ1n) is 8.17. The Bertz CT molecular complexity index is 857. The molecule has 0 radical (unpaired) electrons. The van der Waals surface area contributed by atoms with Crippen molar-refractivity contribution in [3.8, 4) is 0 Å². The van der Waals surface area contributed by atoms with Crippen LogP contribution in [0.15, 0.2) is 48.5 Å². The van der Waals surface area contributed by atoms with Gasteiger partial charge in [-0.25, -0.2) is 4.98 Å². The molecule has 1 aromatic heterocycles. The molecule has 1 heterocycles. The zero-order valence-corrected chi connectivity index (χ0v) is 14.4. The van der Waals surface area contributed by atoms with E-state index in [1.165, 1.54) is 0 Å². The maximum atomic E-state index is 12.1. The summed E-state index contributed by atoms with van der Waals surface area (Å²) < 4.78 is 2.23. The van der Waals surface area contributed by atoms with Crippen LogP contribution in [0.1, 0.15) is 29.5 Å². The molecule has 1 amide bonds. The van der Waals surface area contributed by atoms with Crippen molar-refractivity contribution in [2.24, 2.45) is 0 Å². The van der Waals surface area contributed by atoms with Crippen LogP contribution in [0, 0.1) is 0 Å². The minimum absolute atomic E-state index is 0.0958. The molecule has 3 rings (SSSR count). The van der Waals surface area contributed by atoms with Gasteiger partial charge in [-0.2, -0.15) is 0 Å². The van der Waals surface area contributed by atoms with Gasteiger partial charge in [0.2, 0.25) is 0 Å². The molecule has 0 aliphatic heterocycles. The lowest BCUT2D eigenvalue weighted by molar-refractivity contribution is 0.0953. The Morgan fingerprint density at radius 2 is 2.04 bits per heavy atom. The van der Waals surface area contributed by atoms with Crippen molar-refractivity contribution in [3.63, 3.8) is 0 Å². The predicted octanol–water partition coefficient (Wildman–Crippen LogP) is 4.07. The molecule has 0 unspecified atom stereocenters. The molecule has 0 aliphatic carbocycles. The molecule has 1 N–H and O–H groups in total. The van der Waals surface area contributed by atoms with Crippen LogP contribution >= 0.6 is 11.6 Å². The smallest absolute Gasteiger partial charge is 0.251 e. The lowest BCUT2D eigenvalue weighted by Gasteiger charge is -2.07. The number of carbonyl (C=O) groups excluding carboxylic acids is 1. The standard InChI is InChI=1S/C19H20ClN3O/c1-2-23-17-10-4-3-9-16(17)22-18(23)11-6-12-21-19(24)14-7-5-8-15(20)13-14/h3-5,7-10,13H,2,6,11-12H2,1H3,(H,21,24). The number of hydrogen-bond acceptors (Lipinski definition) is 2. The Balaban J connectivity index is 1.58. The van der Waals surface area contributed by atoms with Crippen LogP contribution in [0.25, 0.3) is 11.0 Å². The normalized spacial score (nSPS) is 10.9. The predicted molar refractivity (Wildman–Crippen MR) is 97.5 cm³/mol. The number of carbonyl (C=O) groups is 1. The number of amides is 1. The average Bonchev–Trinajstić information content (AvgIpc) is 2.96. The van der Waals surface area contributed by atoms with E-state index in [1.807, 2.05) is 18.2 Å². The lowest BCUT2D eigenvalue weighted by atomic mass is 10.2. The number of imidazole rings is 1. The van der Waals surface area contributed by atoms with Crippen molar-refractivity contribution >= 4 is 28.5 Å². The van der Waals surface area contributed by atoms with Gasteiger partial charge in [-0.05, 0) is 43.7 Å². The van der Waals surface area contributed by atoms with E-state index in [9.17, 15) is 4.79 Å². The Kier molecular flexibility index (Phi) is 5.16. The average molecular weight is 342 g/mol. The molecule has 4 nitrogen and oxygen atoms in total. The maximum absolute atomic E-state index is 12.1. The molecule has 3 aromatic rings. The quantitative estimate of drug-likeness (QED) is 0.687. The van der Waals surface area contributed by atoms with E-state index in [1.54, 1.807) is 24.3 Å². The van der Waals surface area contributed by atoms with E-state index >= 15 is 0 Å². The Morgan fingerprint density at radius 1 is 1.21 bits per heavy atom. The van der Waals surface area contributed by atoms with Gasteiger partial charge in [0, 0.05) is 30.1 Å². The van der Waals surface area contributed by atoms with E-state index in [-0.39, 0.29) is 5.91 Å². The number of halogens is 1. The highest BCUT2D eigenvalue weighted by molar-refractivity contribution is 6.30. The second-order valence-corrected chi connectivity index (χ2v) is 6.07. The van der Waals surface area contributed by atoms with E-state index in [0.717, 1.165) is 36.2 Å². The number of hydrogen-bond donors (Lipinski definition) is 1. The molecule has 2 aromatic carbocycles. The zero-order chi connectivity index (χ0) is 16.9. The molecule has 0 fully saturated rings. The molecule has 0 atom stereocenters. The molecule has 5 heteroatoms. The lowest BCUT2D eigenvalue weighted by Crippen LogP contribution is -2.25. The first-order valence-corrected chi connectivity index (χ1v) is 8.54. The topological polar surface area (TPSA) is 46.9 Å². The Labute approximate surface area is 146 Å². The van der Waals surface area contributed by atoms with Gasteiger partial charge in [-0.15, -0.1) is 0 Å². The molecular weight excluding hydrogens is 322 g/mol. The third-order valence-electron chi connectivity index (χ3n) is 4.00. The number of nitrogens with zero attached hydrogens (tertiary/aromatic N) is 2. The van der Waals surface area contributed by atoms with Crippen molar-refractivity contribution in [2.75, 3.05) is 6.54 Å². The highest BCUT2D eigenvalue weighted by atomic mass is 35.5. The van der Waals surface area contributed by atoms with Crippen molar-refractivity contribution < 1.29 is 4.79 Å². The van der Waals surface area contributed by atoms with Gasteiger partial charge in [0.25, 0.3) is 5.91 Å². The number of benzene rings is 2. The van der Waals surface area contributed by atoms with Gasteiger partial charge >= 0.3 is 0 Å². The molecule has 24 heavy (non-hydrogen) atoms. The summed E-state index contributed by atoms with van der Waals surface area (Å²) in [4.78, 5) is 16.8. The highest BCUT2D eigenvalue weighted by Gasteiger charge is 2.09. The van der Waals surface area contributed by atoms with Gasteiger partial charge in [0.15, 0.2) is 0 Å². The van der Waals surface area contributed by atoms with Crippen LogP contribution < -0.4 is 5.32 Å². The third-order valence-corrected chi connectivity index (χ3v) is 4.23. The monoisotopic (exact) mass is 341 g/mol. The minimum atomic E-state index is -0.0958. The fourth-order valence-electron chi connectivity index (χ4n) is 2.85. The van der Waals surface area contributed by atoms with Crippen LogP contribution in [0.5, 0.6) is 0 Å². The summed E-state index contributed by atoms with van der Waals surface area (Å²) in [6.45, 7) is 3.63. The maximum Gasteiger partial charge on any atom is 0.251 e. The van der Waals surface area contributed by atoms with Gasteiger partial charge in [-0.1, -0.05) is 29.8 Å². The SMILES string of the molecule is CCn1c(CCCNC(=O)c2cccc(Cl)c2)nc2ccccc21. The highest BCUT2D eigenvalue weighted by Crippen LogP contribution is 2.17. The number of fused-ring (bicyclic) bond motifs is 1. The summed E-state index contributed by atoms with van der Waals surface area (Å²) in [6.07, 6.45) is 1.67. The van der Waals surface area contributed by atoms with Gasteiger partial charge in [0.1, 0.15) is 5.82 Å². The number of rotatable bonds is 6. The molecule has 0 saturated heterocycles. The van der Waals surface area contributed by atoms with Crippen LogP contribution in [-0.4, -0.2) is 22.0 Å². The van der Waals surface area contributed by atoms with E-state index in [2.05, 4.69) is 22.9 Å². The second kappa shape index (κ2) is 7.49. The molecule has 0 spiro atoms. The van der Waals surface area contributed by atoms with Crippen LogP contribution in [0.4, 0.5) is 0 Å². The summed E-state index contributed by atoms with van der Waals surface area (Å²) in [5.41, 5.74) is 2.78. The zero-order valence-electron chi connectivity index (χ0n) is 13.6. The second-order valence-electron chi connectivity index (χ2n) is 5.63. The summed E-state index contributed by atoms with van der Waals surface area (Å²) in [5.74, 6) is 0.970. The largest absolute Gasteiger partial charge is 0.352 e. The first kappa shape index (κ1) is 16.5. The van der Waals surface area contributed by atoms with Crippen molar-refractivity contribution in [3.05, 3.63) is 64.9 Å². The molecule has 0 aliphatic rings. The molecule has 124 valence electrons. The third kappa shape index (κ3) is 3.60. The fourth-order valence-corrected chi connectivity index (χ4v) is 3.04. The van der Waals surface area contributed by atoms with Crippen LogP contribution in [0.3, 0.4) is 0 Å². The van der Waals surface area contributed by atoms with Gasteiger partial charge in [-0.3, -0.25) is 4.79 Å². The number of para-hydroxylation sites is 2. The summed E-state index contributed by atoms with van der Waals surface area (Å²) >= 11 is 5.91. The fraction of sp³-hybridized carbons (Fsp3) is 0.263. The van der Waals surface area contributed by atoms with E-state index in [4.69, 9.17) is 16.6 Å². The van der Waals surface area contributed by atoms with Gasteiger partial charge < -0.3 is 9.88 Å². The number of nitrogens with one attached hydrogen (secondary N) is 1. The molecule has 0 bridgehead atoms. The molecule has 0 saturated carbocycles. The summed E-state index contributed by atoms with van der Waals surface area (Å²) in [6, 6.07) is 15.1. The number of aromatic nitrogens is 2. The van der Waals surface area contributed by atoms with Crippen LogP contribution in [-0.2, 0) is 13.0 Å². The molecular formula is C19H20ClN3O. The number of aryl methyl sites for hydroxylation is 2. The van der Waals surface area contributed by atoms with E-state index in [0.29, 0.717) is 17.1 Å². The van der Waals surface area contributed by atoms with E-state index < -0.39 is 0 Å². The summed E-state index contributed by atoms with van der Waals surface area (Å²) in [5, 5.41) is 3.50. The van der Waals surface area contributed by atoms with Crippen molar-refractivity contribution in [1.29, 1.82) is 0 Å². The van der Waals surface area contributed by atoms with Crippen LogP contribution in [0.2, 0.25) is 5.02 Å². The van der Waals surface area contributed by atoms with Gasteiger partial charge in [0.05, 0.1) is 11.0 Å². The van der Waals surface area contributed by atoms with Crippen molar-refractivity contribution in [2.45, 2.75) is 26.3 Å². The summed E-state index contributed by atoms with van der Waals surface area (Å²) in [7, 11) is 0. The Morgan fingerprint density at radius 3 is 2.83 bits per heavy atom. The minimum Gasteiger partial charge on any atom is -0.352 e. The Hall–Kier alpha value is -2.33.